The van der Waals surface area contributed by atoms with Crippen LogP contribution in [-0.4, -0.2) is 25.5 Å². The van der Waals surface area contributed by atoms with E-state index in [9.17, 15) is 4.79 Å². The number of carbonyl (C=O) groups is 1. The summed E-state index contributed by atoms with van der Waals surface area (Å²) < 4.78 is 0. The van der Waals surface area contributed by atoms with Gasteiger partial charge in [-0.1, -0.05) is 19.9 Å². The molecule has 1 amide bonds. The maximum absolute atomic E-state index is 11.5. The van der Waals surface area contributed by atoms with Crippen molar-refractivity contribution >= 4 is 17.2 Å². The molecular formula is C12H20N2OS. The third kappa shape index (κ3) is 5.28. The van der Waals surface area contributed by atoms with Crippen LogP contribution >= 0.6 is 11.3 Å². The summed E-state index contributed by atoms with van der Waals surface area (Å²) in [5, 5.41) is 8.10. The van der Waals surface area contributed by atoms with Crippen molar-refractivity contribution in [3.63, 3.8) is 0 Å². The van der Waals surface area contributed by atoms with Crippen LogP contribution in [0.2, 0.25) is 0 Å². The Balaban J connectivity index is 2.01. The van der Waals surface area contributed by atoms with Crippen LogP contribution in [0.4, 0.5) is 0 Å². The summed E-state index contributed by atoms with van der Waals surface area (Å²) in [6, 6.07) is 3.73. The molecule has 2 N–H and O–H groups in total. The lowest BCUT2D eigenvalue weighted by Crippen LogP contribution is -2.32. The summed E-state index contributed by atoms with van der Waals surface area (Å²) in [6.07, 6.45) is 1.18. The van der Waals surface area contributed by atoms with E-state index >= 15 is 0 Å². The zero-order valence-electron chi connectivity index (χ0n) is 9.95. The quantitative estimate of drug-likeness (QED) is 0.717. The number of amides is 1. The van der Waals surface area contributed by atoms with Gasteiger partial charge in [0.2, 0.25) is 0 Å². The maximum Gasteiger partial charge on any atom is 0.261 e. The normalized spacial score (nSPS) is 10.7. The van der Waals surface area contributed by atoms with Crippen molar-refractivity contribution in [3.05, 3.63) is 22.4 Å². The summed E-state index contributed by atoms with van der Waals surface area (Å²) in [5.74, 6) is 0.758. The molecule has 0 aromatic carbocycles. The molecular weight excluding hydrogens is 220 g/mol. The molecule has 0 fully saturated rings. The Labute approximate surface area is 101 Å². The van der Waals surface area contributed by atoms with Crippen LogP contribution in [0, 0.1) is 5.92 Å². The predicted molar refractivity (Wildman–Crippen MR) is 69.0 cm³/mol. The zero-order chi connectivity index (χ0) is 11.8. The van der Waals surface area contributed by atoms with E-state index in [1.807, 2.05) is 17.5 Å². The molecule has 16 heavy (non-hydrogen) atoms. The molecule has 1 heterocycles. The summed E-state index contributed by atoms with van der Waals surface area (Å²) in [7, 11) is 0. The van der Waals surface area contributed by atoms with Gasteiger partial charge in [0.1, 0.15) is 0 Å². The highest BCUT2D eigenvalue weighted by atomic mass is 32.1. The lowest BCUT2D eigenvalue weighted by atomic mass is 10.1. The van der Waals surface area contributed by atoms with Crippen LogP contribution < -0.4 is 10.6 Å². The Kier molecular flexibility index (Phi) is 6.11. The first kappa shape index (κ1) is 13.2. The van der Waals surface area contributed by atoms with Crippen LogP contribution in [0.15, 0.2) is 17.5 Å². The number of hydrogen-bond acceptors (Lipinski definition) is 3. The highest BCUT2D eigenvalue weighted by molar-refractivity contribution is 7.12. The van der Waals surface area contributed by atoms with Gasteiger partial charge in [-0.05, 0) is 30.3 Å². The summed E-state index contributed by atoms with van der Waals surface area (Å²) in [6.45, 7) is 6.96. The molecule has 1 aromatic heterocycles. The molecule has 0 saturated heterocycles. The van der Waals surface area contributed by atoms with Gasteiger partial charge in [-0.2, -0.15) is 0 Å². The average molecular weight is 240 g/mol. The van der Waals surface area contributed by atoms with Crippen LogP contribution in [0.3, 0.4) is 0 Å². The van der Waals surface area contributed by atoms with Crippen molar-refractivity contribution in [3.8, 4) is 0 Å². The summed E-state index contributed by atoms with van der Waals surface area (Å²) >= 11 is 1.47. The Hall–Kier alpha value is -0.870. The second-order valence-electron chi connectivity index (χ2n) is 4.17. The Bertz CT molecular complexity index is 296. The fourth-order valence-corrected chi connectivity index (χ4v) is 1.92. The maximum atomic E-state index is 11.5. The Morgan fingerprint density at radius 1 is 1.38 bits per heavy atom. The number of hydrogen-bond donors (Lipinski definition) is 2. The predicted octanol–water partition coefficient (Wildman–Crippen LogP) is 2.11. The molecule has 1 rings (SSSR count). The van der Waals surface area contributed by atoms with Crippen LogP contribution in [-0.2, 0) is 0 Å². The van der Waals surface area contributed by atoms with Gasteiger partial charge in [-0.3, -0.25) is 4.79 Å². The molecule has 0 unspecified atom stereocenters. The van der Waals surface area contributed by atoms with Crippen molar-refractivity contribution in [2.75, 3.05) is 19.6 Å². The fourth-order valence-electron chi connectivity index (χ4n) is 1.28. The van der Waals surface area contributed by atoms with E-state index in [2.05, 4.69) is 24.5 Å². The second kappa shape index (κ2) is 7.41. The van der Waals surface area contributed by atoms with Crippen molar-refractivity contribution in [2.24, 2.45) is 5.92 Å². The van der Waals surface area contributed by atoms with Crippen LogP contribution in [0.5, 0.6) is 0 Å². The number of carbonyl (C=O) groups excluding carboxylic acids is 1. The SMILES string of the molecule is CC(C)CCNCCNC(=O)c1cccs1. The molecule has 0 spiro atoms. The molecule has 0 radical (unpaired) electrons. The van der Waals surface area contributed by atoms with Crippen molar-refractivity contribution in [1.29, 1.82) is 0 Å². The first-order valence-corrected chi connectivity index (χ1v) is 6.60. The van der Waals surface area contributed by atoms with Gasteiger partial charge in [-0.25, -0.2) is 0 Å². The molecule has 0 aliphatic carbocycles. The van der Waals surface area contributed by atoms with Crippen molar-refractivity contribution < 1.29 is 4.79 Å². The first-order valence-electron chi connectivity index (χ1n) is 5.72. The van der Waals surface area contributed by atoms with E-state index in [0.717, 1.165) is 23.9 Å². The molecule has 0 aliphatic heterocycles. The standard InChI is InChI=1S/C12H20N2OS/c1-10(2)5-6-13-7-8-14-12(15)11-4-3-9-16-11/h3-4,9-10,13H,5-8H2,1-2H3,(H,14,15). The molecule has 0 atom stereocenters. The largest absolute Gasteiger partial charge is 0.350 e. The minimum Gasteiger partial charge on any atom is -0.350 e. The molecule has 4 heteroatoms. The van der Waals surface area contributed by atoms with Gasteiger partial charge in [0.15, 0.2) is 0 Å². The Morgan fingerprint density at radius 2 is 2.19 bits per heavy atom. The van der Waals surface area contributed by atoms with Crippen molar-refractivity contribution in [2.45, 2.75) is 20.3 Å². The van der Waals surface area contributed by atoms with E-state index in [1.165, 1.54) is 17.8 Å². The van der Waals surface area contributed by atoms with Gasteiger partial charge >= 0.3 is 0 Å². The second-order valence-corrected chi connectivity index (χ2v) is 5.11. The highest BCUT2D eigenvalue weighted by Crippen LogP contribution is 2.07. The van der Waals surface area contributed by atoms with E-state index in [1.54, 1.807) is 0 Å². The van der Waals surface area contributed by atoms with Crippen LogP contribution in [0.1, 0.15) is 29.9 Å². The summed E-state index contributed by atoms with van der Waals surface area (Å²) in [5.41, 5.74) is 0. The number of rotatable bonds is 7. The number of nitrogens with one attached hydrogen (secondary N) is 2. The average Bonchev–Trinajstić information content (AvgIpc) is 2.75. The molecule has 1 aromatic rings. The monoisotopic (exact) mass is 240 g/mol. The smallest absolute Gasteiger partial charge is 0.261 e. The third-order valence-electron chi connectivity index (χ3n) is 2.23. The van der Waals surface area contributed by atoms with Gasteiger partial charge in [0, 0.05) is 13.1 Å². The zero-order valence-corrected chi connectivity index (χ0v) is 10.8. The highest BCUT2D eigenvalue weighted by Gasteiger charge is 2.04. The summed E-state index contributed by atoms with van der Waals surface area (Å²) in [4.78, 5) is 12.3. The lowest BCUT2D eigenvalue weighted by molar-refractivity contribution is 0.0958. The molecule has 0 aliphatic rings. The molecule has 0 saturated carbocycles. The topological polar surface area (TPSA) is 41.1 Å². The van der Waals surface area contributed by atoms with E-state index in [-0.39, 0.29) is 5.91 Å². The Morgan fingerprint density at radius 3 is 2.81 bits per heavy atom. The van der Waals surface area contributed by atoms with Crippen LogP contribution in [0.25, 0.3) is 0 Å². The van der Waals surface area contributed by atoms with Gasteiger partial charge in [0.05, 0.1) is 4.88 Å². The fraction of sp³-hybridized carbons (Fsp3) is 0.583. The van der Waals surface area contributed by atoms with E-state index in [4.69, 9.17) is 0 Å². The van der Waals surface area contributed by atoms with E-state index < -0.39 is 0 Å². The minimum atomic E-state index is 0.0284. The van der Waals surface area contributed by atoms with Gasteiger partial charge in [0.25, 0.3) is 5.91 Å². The minimum absolute atomic E-state index is 0.0284. The molecule has 0 bridgehead atoms. The number of thiophene rings is 1. The first-order chi connectivity index (χ1) is 7.70. The lowest BCUT2D eigenvalue weighted by Gasteiger charge is -2.07. The van der Waals surface area contributed by atoms with E-state index in [0.29, 0.717) is 6.54 Å². The molecule has 3 nitrogen and oxygen atoms in total. The van der Waals surface area contributed by atoms with Crippen molar-refractivity contribution in [1.82, 2.24) is 10.6 Å². The third-order valence-corrected chi connectivity index (χ3v) is 3.10. The van der Waals surface area contributed by atoms with Gasteiger partial charge in [-0.15, -0.1) is 11.3 Å². The molecule has 90 valence electrons. The van der Waals surface area contributed by atoms with Gasteiger partial charge < -0.3 is 10.6 Å².